The van der Waals surface area contributed by atoms with Gasteiger partial charge in [0.2, 0.25) is 0 Å². The zero-order chi connectivity index (χ0) is 15.2. The van der Waals surface area contributed by atoms with Gasteiger partial charge in [-0.25, -0.2) is 0 Å². The normalized spacial score (nSPS) is 29.3. The monoisotopic (exact) mass is 307 g/mol. The van der Waals surface area contributed by atoms with Crippen LogP contribution >= 0.6 is 0 Å². The Balaban J connectivity index is 1.62. The van der Waals surface area contributed by atoms with Gasteiger partial charge in [0.1, 0.15) is 12.2 Å². The van der Waals surface area contributed by atoms with Crippen molar-refractivity contribution in [3.8, 4) is 0 Å². The smallest absolute Gasteiger partial charge is 0.113 e. The van der Waals surface area contributed by atoms with E-state index in [1.165, 1.54) is 35.2 Å². The van der Waals surface area contributed by atoms with E-state index in [1.54, 1.807) is 0 Å². The van der Waals surface area contributed by atoms with Crippen LogP contribution in [0.2, 0.25) is 0 Å². The number of fused-ring (bicyclic) bond motifs is 3. The highest BCUT2D eigenvalue weighted by Gasteiger charge is 2.42. The first kappa shape index (κ1) is 13.6. The lowest BCUT2D eigenvalue weighted by Crippen LogP contribution is -2.43. The fourth-order valence-electron chi connectivity index (χ4n) is 3.98. The fraction of sp³-hybridized carbons (Fsp3) is 0.400. The highest BCUT2D eigenvalue weighted by atomic mass is 16.6. The van der Waals surface area contributed by atoms with E-state index in [0.717, 1.165) is 5.92 Å². The molecule has 2 fully saturated rings. The van der Waals surface area contributed by atoms with E-state index in [4.69, 9.17) is 9.47 Å². The molecule has 3 atom stereocenters. The first-order valence-electron chi connectivity index (χ1n) is 8.59. The van der Waals surface area contributed by atoms with Crippen molar-refractivity contribution >= 4 is 5.69 Å². The summed E-state index contributed by atoms with van der Waals surface area (Å²) in [6.07, 6.45) is 2.68. The molecule has 3 unspecified atom stereocenters. The molecule has 23 heavy (non-hydrogen) atoms. The zero-order valence-electron chi connectivity index (χ0n) is 13.1. The molecular weight excluding hydrogens is 286 g/mol. The SMILES string of the molecule is c1ccc(C2Nc3c(C4CC4)cccc3C3OCCOC23)cc1. The minimum Gasteiger partial charge on any atom is -0.375 e. The molecule has 1 aliphatic carbocycles. The van der Waals surface area contributed by atoms with E-state index in [0.29, 0.717) is 13.2 Å². The lowest BCUT2D eigenvalue weighted by molar-refractivity contribution is -0.151. The molecule has 0 spiro atoms. The lowest BCUT2D eigenvalue weighted by Gasteiger charge is -2.43. The van der Waals surface area contributed by atoms with Gasteiger partial charge in [-0.05, 0) is 29.9 Å². The molecule has 3 nitrogen and oxygen atoms in total. The summed E-state index contributed by atoms with van der Waals surface area (Å²) in [5, 5.41) is 3.80. The molecule has 2 aromatic carbocycles. The Kier molecular flexibility index (Phi) is 3.17. The molecule has 5 rings (SSSR count). The number of para-hydroxylation sites is 1. The Bertz CT molecular complexity index is 711. The van der Waals surface area contributed by atoms with Crippen molar-refractivity contribution in [1.29, 1.82) is 0 Å². The average molecular weight is 307 g/mol. The van der Waals surface area contributed by atoms with Crippen LogP contribution in [-0.4, -0.2) is 19.3 Å². The van der Waals surface area contributed by atoms with Gasteiger partial charge in [0.05, 0.1) is 19.3 Å². The Morgan fingerprint density at radius 3 is 2.43 bits per heavy atom. The average Bonchev–Trinajstić information content (AvgIpc) is 3.46. The van der Waals surface area contributed by atoms with Crippen LogP contribution in [-0.2, 0) is 9.47 Å². The maximum absolute atomic E-state index is 6.15. The minimum atomic E-state index is 0.0314. The van der Waals surface area contributed by atoms with Crippen molar-refractivity contribution < 1.29 is 9.47 Å². The van der Waals surface area contributed by atoms with Crippen molar-refractivity contribution in [1.82, 2.24) is 0 Å². The molecule has 118 valence electrons. The molecule has 2 aliphatic heterocycles. The van der Waals surface area contributed by atoms with Crippen molar-refractivity contribution in [3.63, 3.8) is 0 Å². The van der Waals surface area contributed by atoms with Crippen LogP contribution in [0.4, 0.5) is 5.69 Å². The molecule has 3 aliphatic rings. The van der Waals surface area contributed by atoms with Crippen LogP contribution in [0.15, 0.2) is 48.5 Å². The Labute approximate surface area is 136 Å². The predicted molar refractivity (Wildman–Crippen MR) is 89.7 cm³/mol. The number of nitrogens with one attached hydrogen (secondary N) is 1. The van der Waals surface area contributed by atoms with Crippen molar-refractivity contribution in [2.45, 2.75) is 37.0 Å². The summed E-state index contributed by atoms with van der Waals surface area (Å²) in [5.74, 6) is 0.718. The second-order valence-electron chi connectivity index (χ2n) is 6.75. The second-order valence-corrected chi connectivity index (χ2v) is 6.75. The number of rotatable bonds is 2. The Morgan fingerprint density at radius 2 is 1.61 bits per heavy atom. The third-order valence-corrected chi connectivity index (χ3v) is 5.23. The lowest BCUT2D eigenvalue weighted by atomic mass is 9.85. The molecule has 1 N–H and O–H groups in total. The Morgan fingerprint density at radius 1 is 0.826 bits per heavy atom. The highest BCUT2D eigenvalue weighted by Crippen LogP contribution is 2.50. The van der Waals surface area contributed by atoms with Gasteiger partial charge in [-0.1, -0.05) is 48.5 Å². The summed E-state index contributed by atoms with van der Waals surface area (Å²) in [6, 6.07) is 17.4. The number of benzene rings is 2. The topological polar surface area (TPSA) is 30.5 Å². The van der Waals surface area contributed by atoms with Gasteiger partial charge >= 0.3 is 0 Å². The summed E-state index contributed by atoms with van der Waals surface area (Å²) < 4.78 is 12.3. The van der Waals surface area contributed by atoms with Gasteiger partial charge in [0, 0.05) is 11.3 Å². The van der Waals surface area contributed by atoms with Gasteiger partial charge in [0.25, 0.3) is 0 Å². The molecule has 0 bridgehead atoms. The number of anilines is 1. The minimum absolute atomic E-state index is 0.0314. The van der Waals surface area contributed by atoms with Gasteiger partial charge in [-0.3, -0.25) is 0 Å². The van der Waals surface area contributed by atoms with Crippen molar-refractivity contribution in [2.24, 2.45) is 0 Å². The fourth-order valence-corrected chi connectivity index (χ4v) is 3.98. The third-order valence-electron chi connectivity index (χ3n) is 5.23. The van der Waals surface area contributed by atoms with E-state index in [-0.39, 0.29) is 18.2 Å². The first-order valence-corrected chi connectivity index (χ1v) is 8.59. The van der Waals surface area contributed by atoms with Crippen LogP contribution in [0, 0.1) is 0 Å². The Hall–Kier alpha value is -1.84. The maximum atomic E-state index is 6.15. The zero-order valence-corrected chi connectivity index (χ0v) is 13.1. The van der Waals surface area contributed by atoms with Crippen LogP contribution in [0.25, 0.3) is 0 Å². The number of hydrogen-bond donors (Lipinski definition) is 1. The molecule has 3 heteroatoms. The summed E-state index contributed by atoms with van der Waals surface area (Å²) in [6.45, 7) is 1.35. The van der Waals surface area contributed by atoms with Crippen LogP contribution in [0.1, 0.15) is 47.6 Å². The predicted octanol–water partition coefficient (Wildman–Crippen LogP) is 4.19. The molecule has 0 radical (unpaired) electrons. The van der Waals surface area contributed by atoms with Crippen LogP contribution < -0.4 is 5.32 Å². The number of ether oxygens (including phenoxy) is 2. The quantitative estimate of drug-likeness (QED) is 0.902. The van der Waals surface area contributed by atoms with E-state index >= 15 is 0 Å². The number of hydrogen-bond acceptors (Lipinski definition) is 3. The molecule has 0 amide bonds. The van der Waals surface area contributed by atoms with Crippen molar-refractivity contribution in [2.75, 3.05) is 18.5 Å². The third kappa shape index (κ3) is 2.27. The summed E-state index contributed by atoms with van der Waals surface area (Å²) in [4.78, 5) is 0. The molecule has 2 heterocycles. The van der Waals surface area contributed by atoms with E-state index in [2.05, 4.69) is 53.8 Å². The molecule has 1 saturated heterocycles. The highest BCUT2D eigenvalue weighted by molar-refractivity contribution is 5.64. The first-order chi connectivity index (χ1) is 11.4. The van der Waals surface area contributed by atoms with E-state index in [1.807, 2.05) is 0 Å². The molecule has 1 saturated carbocycles. The van der Waals surface area contributed by atoms with E-state index < -0.39 is 0 Å². The van der Waals surface area contributed by atoms with Crippen molar-refractivity contribution in [3.05, 3.63) is 65.2 Å². The molecule has 2 aromatic rings. The van der Waals surface area contributed by atoms with Gasteiger partial charge in [-0.15, -0.1) is 0 Å². The standard InChI is InChI=1S/C20H21NO2/c1-2-5-14(6-3-1)17-20-19(22-11-12-23-20)16-8-4-7-15(13-9-10-13)18(16)21-17/h1-8,13,17,19-21H,9-12H2. The summed E-state index contributed by atoms with van der Waals surface area (Å²) in [7, 11) is 0. The van der Waals surface area contributed by atoms with Crippen LogP contribution in [0.3, 0.4) is 0 Å². The second kappa shape index (κ2) is 5.36. The summed E-state index contributed by atoms with van der Waals surface area (Å²) >= 11 is 0. The summed E-state index contributed by atoms with van der Waals surface area (Å²) in [5.41, 5.74) is 5.28. The molecular formula is C20H21NO2. The largest absolute Gasteiger partial charge is 0.375 e. The molecule has 0 aromatic heterocycles. The van der Waals surface area contributed by atoms with Crippen LogP contribution in [0.5, 0.6) is 0 Å². The van der Waals surface area contributed by atoms with Gasteiger partial charge in [0.15, 0.2) is 0 Å². The van der Waals surface area contributed by atoms with Gasteiger partial charge < -0.3 is 14.8 Å². The van der Waals surface area contributed by atoms with E-state index in [9.17, 15) is 0 Å². The van der Waals surface area contributed by atoms with Gasteiger partial charge in [-0.2, -0.15) is 0 Å². The maximum Gasteiger partial charge on any atom is 0.113 e.